The largest absolute Gasteiger partial charge is 0.376 e. The van der Waals surface area contributed by atoms with Crippen molar-refractivity contribution in [2.45, 2.75) is 45.9 Å². The van der Waals surface area contributed by atoms with Crippen LogP contribution in [0.4, 0.5) is 5.82 Å². The van der Waals surface area contributed by atoms with Crippen molar-refractivity contribution in [1.29, 1.82) is 0 Å². The number of carbonyl (C=O) groups excluding carboxylic acids is 1. The number of thiophene rings is 1. The summed E-state index contributed by atoms with van der Waals surface area (Å²) in [6, 6.07) is 12.5. The van der Waals surface area contributed by atoms with E-state index in [1.165, 1.54) is 16.9 Å². The van der Waals surface area contributed by atoms with Crippen LogP contribution in [-0.4, -0.2) is 52.3 Å². The number of fused-ring (bicyclic) bond motifs is 1. The van der Waals surface area contributed by atoms with Crippen LogP contribution in [0, 0.1) is 13.8 Å². The number of nitrogens with zero attached hydrogens (tertiary/aromatic N) is 4. The number of aromatic amines is 1. The molecule has 0 aliphatic carbocycles. The normalized spacial score (nSPS) is 15.6. The van der Waals surface area contributed by atoms with Gasteiger partial charge in [0.1, 0.15) is 5.82 Å². The Kier molecular flexibility index (Phi) is 6.83. The molecule has 3 aromatic heterocycles. The van der Waals surface area contributed by atoms with Gasteiger partial charge in [-0.3, -0.25) is 9.89 Å². The maximum atomic E-state index is 13.7. The first-order valence-corrected chi connectivity index (χ1v) is 12.9. The van der Waals surface area contributed by atoms with Crippen LogP contribution in [0.1, 0.15) is 44.9 Å². The molecule has 1 aliphatic heterocycles. The number of rotatable bonds is 8. The summed E-state index contributed by atoms with van der Waals surface area (Å²) in [4.78, 5) is 23.6. The van der Waals surface area contributed by atoms with Crippen LogP contribution in [0.5, 0.6) is 0 Å². The highest BCUT2D eigenvalue weighted by Gasteiger charge is 2.27. The monoisotopic (exact) mass is 489 g/mol. The molecule has 4 heterocycles. The lowest BCUT2D eigenvalue weighted by molar-refractivity contribution is 0.0510. The van der Waals surface area contributed by atoms with Gasteiger partial charge in [-0.1, -0.05) is 11.6 Å². The molecule has 5 rings (SSSR count). The molecule has 1 atom stereocenters. The Morgan fingerprint density at radius 1 is 1.20 bits per heavy atom. The molecule has 1 aromatic carbocycles. The summed E-state index contributed by atoms with van der Waals surface area (Å²) in [5.41, 5.74) is 5.17. The molecular weight excluding hydrogens is 458 g/mol. The average Bonchev–Trinajstić information content (AvgIpc) is 3.61. The highest BCUT2D eigenvalue weighted by atomic mass is 32.1. The number of H-pyrrole nitrogens is 1. The number of nitrogens with one attached hydrogen (secondary N) is 1. The maximum Gasteiger partial charge on any atom is 0.264 e. The quantitative estimate of drug-likeness (QED) is 0.373. The predicted octanol–water partition coefficient (Wildman–Crippen LogP) is 5.09. The SMILES string of the molecule is Cc1ccc2nc(N(C)Cc3ccn[nH]3)c(CN(C[C@H]3CCCO3)C(=O)c3sccc3C)cc2c1. The van der Waals surface area contributed by atoms with Crippen molar-refractivity contribution in [3.63, 3.8) is 0 Å². The standard InChI is InChI=1S/C27H31N5O2S/c1-18-6-7-24-20(13-18)14-21(26(29-24)31(3)16-22-8-10-28-30-22)15-32(17-23-5-4-11-34-23)27(33)25-19(2)9-12-35-25/h6-10,12-14,23H,4-5,11,15-17H2,1-3H3,(H,28,30)/t23-/m1/s1. The van der Waals surface area contributed by atoms with Crippen molar-refractivity contribution in [1.82, 2.24) is 20.1 Å². The molecule has 0 radical (unpaired) electrons. The second kappa shape index (κ2) is 10.2. The summed E-state index contributed by atoms with van der Waals surface area (Å²) in [6.45, 7) is 6.53. The van der Waals surface area contributed by atoms with Crippen LogP contribution in [0.25, 0.3) is 10.9 Å². The Morgan fingerprint density at radius 2 is 2.09 bits per heavy atom. The fraction of sp³-hybridized carbons (Fsp3) is 0.370. The predicted molar refractivity (Wildman–Crippen MR) is 140 cm³/mol. The van der Waals surface area contributed by atoms with E-state index in [1.807, 2.05) is 36.4 Å². The van der Waals surface area contributed by atoms with Gasteiger partial charge in [0, 0.05) is 43.9 Å². The highest BCUT2D eigenvalue weighted by molar-refractivity contribution is 7.12. The van der Waals surface area contributed by atoms with E-state index in [0.29, 0.717) is 19.6 Å². The molecule has 1 aliphatic rings. The van der Waals surface area contributed by atoms with E-state index in [-0.39, 0.29) is 12.0 Å². The number of anilines is 1. The van der Waals surface area contributed by atoms with E-state index in [2.05, 4.69) is 46.3 Å². The van der Waals surface area contributed by atoms with Crippen LogP contribution < -0.4 is 4.90 Å². The molecule has 1 amide bonds. The number of benzene rings is 1. The van der Waals surface area contributed by atoms with Gasteiger partial charge in [-0.25, -0.2) is 4.98 Å². The minimum atomic E-state index is 0.0551. The van der Waals surface area contributed by atoms with Crippen molar-refractivity contribution in [2.24, 2.45) is 0 Å². The summed E-state index contributed by atoms with van der Waals surface area (Å²) in [5.74, 6) is 0.920. The number of pyridine rings is 1. The highest BCUT2D eigenvalue weighted by Crippen LogP contribution is 2.28. The van der Waals surface area contributed by atoms with Crippen molar-refractivity contribution < 1.29 is 9.53 Å². The van der Waals surface area contributed by atoms with Gasteiger partial charge in [-0.2, -0.15) is 5.10 Å². The smallest absolute Gasteiger partial charge is 0.264 e. The third kappa shape index (κ3) is 5.23. The topological polar surface area (TPSA) is 74.3 Å². The molecule has 1 N–H and O–H groups in total. The van der Waals surface area contributed by atoms with Gasteiger partial charge in [-0.15, -0.1) is 11.3 Å². The zero-order valence-electron chi connectivity index (χ0n) is 20.5. The van der Waals surface area contributed by atoms with Gasteiger partial charge in [0.2, 0.25) is 0 Å². The van der Waals surface area contributed by atoms with E-state index in [0.717, 1.165) is 57.9 Å². The first kappa shape index (κ1) is 23.5. The van der Waals surface area contributed by atoms with Gasteiger partial charge in [0.25, 0.3) is 5.91 Å². The first-order valence-electron chi connectivity index (χ1n) is 12.0. The van der Waals surface area contributed by atoms with Gasteiger partial charge in [0.05, 0.1) is 28.7 Å². The summed E-state index contributed by atoms with van der Waals surface area (Å²) < 4.78 is 5.93. The van der Waals surface area contributed by atoms with Crippen molar-refractivity contribution in [2.75, 3.05) is 25.1 Å². The fourth-order valence-electron chi connectivity index (χ4n) is 4.67. The van der Waals surface area contributed by atoms with Gasteiger partial charge in [0.15, 0.2) is 0 Å². The van der Waals surface area contributed by atoms with Crippen molar-refractivity contribution in [3.8, 4) is 0 Å². The van der Waals surface area contributed by atoms with Crippen molar-refractivity contribution in [3.05, 3.63) is 75.2 Å². The number of carbonyl (C=O) groups is 1. The second-order valence-electron chi connectivity index (χ2n) is 9.36. The van der Waals surface area contributed by atoms with E-state index in [4.69, 9.17) is 9.72 Å². The van der Waals surface area contributed by atoms with Crippen LogP contribution >= 0.6 is 11.3 Å². The molecule has 1 fully saturated rings. The summed E-state index contributed by atoms with van der Waals surface area (Å²) in [6.07, 6.45) is 3.85. The van der Waals surface area contributed by atoms with Crippen molar-refractivity contribution >= 4 is 34.0 Å². The Morgan fingerprint density at radius 3 is 2.80 bits per heavy atom. The average molecular weight is 490 g/mol. The second-order valence-corrected chi connectivity index (χ2v) is 10.3. The molecule has 35 heavy (non-hydrogen) atoms. The Bertz CT molecular complexity index is 1310. The first-order chi connectivity index (χ1) is 17.0. The third-order valence-corrected chi connectivity index (χ3v) is 7.51. The zero-order chi connectivity index (χ0) is 24.4. The van der Waals surface area contributed by atoms with Gasteiger partial charge >= 0.3 is 0 Å². The molecule has 7 nitrogen and oxygen atoms in total. The lowest BCUT2D eigenvalue weighted by atomic mass is 10.1. The lowest BCUT2D eigenvalue weighted by Crippen LogP contribution is -2.37. The number of ether oxygens (including phenoxy) is 1. The van der Waals surface area contributed by atoms with Crippen LogP contribution in [-0.2, 0) is 17.8 Å². The molecule has 8 heteroatoms. The minimum absolute atomic E-state index is 0.0551. The Hall–Kier alpha value is -3.23. The number of amides is 1. The molecule has 0 unspecified atom stereocenters. The van der Waals surface area contributed by atoms with E-state index in [1.54, 1.807) is 6.20 Å². The molecule has 182 valence electrons. The molecular formula is C27H31N5O2S. The minimum Gasteiger partial charge on any atom is -0.376 e. The van der Waals surface area contributed by atoms with Gasteiger partial charge < -0.3 is 14.5 Å². The number of hydrogen-bond acceptors (Lipinski definition) is 6. The number of aromatic nitrogens is 3. The molecule has 4 aromatic rings. The summed E-state index contributed by atoms with van der Waals surface area (Å²) in [7, 11) is 2.03. The molecule has 0 spiro atoms. The van der Waals surface area contributed by atoms with Gasteiger partial charge in [-0.05, 0) is 68.0 Å². The van der Waals surface area contributed by atoms with Crippen LogP contribution in [0.15, 0.2) is 48.0 Å². The zero-order valence-corrected chi connectivity index (χ0v) is 21.3. The molecule has 0 saturated carbocycles. The summed E-state index contributed by atoms with van der Waals surface area (Å²) in [5, 5.41) is 10.2. The number of aryl methyl sites for hydroxylation is 2. The Balaban J connectivity index is 1.53. The third-order valence-electron chi connectivity index (χ3n) is 6.51. The lowest BCUT2D eigenvalue weighted by Gasteiger charge is -2.28. The number of hydrogen-bond donors (Lipinski definition) is 1. The van der Waals surface area contributed by atoms with Crippen LogP contribution in [0.3, 0.4) is 0 Å². The fourth-order valence-corrected chi connectivity index (χ4v) is 5.57. The summed E-state index contributed by atoms with van der Waals surface area (Å²) >= 11 is 1.50. The molecule has 1 saturated heterocycles. The Labute approximate surface area is 209 Å². The maximum absolute atomic E-state index is 13.7. The van der Waals surface area contributed by atoms with E-state index < -0.39 is 0 Å². The van der Waals surface area contributed by atoms with E-state index in [9.17, 15) is 4.79 Å². The molecule has 0 bridgehead atoms. The van der Waals surface area contributed by atoms with E-state index >= 15 is 0 Å². The van der Waals surface area contributed by atoms with Crippen LogP contribution in [0.2, 0.25) is 0 Å².